The molecule has 0 fully saturated rings. The lowest BCUT2D eigenvalue weighted by Crippen LogP contribution is -2.30. The molecule has 0 heterocycles. The summed E-state index contributed by atoms with van der Waals surface area (Å²) in [5.74, 6) is -0.852. The molecule has 0 amide bonds. The maximum atomic E-state index is 12.9. The summed E-state index contributed by atoms with van der Waals surface area (Å²) in [6.45, 7) is 6.70. The summed E-state index contributed by atoms with van der Waals surface area (Å²) in [6, 6.07) is 0. The van der Waals surface area contributed by atoms with Crippen LogP contribution in [0.2, 0.25) is 0 Å². The van der Waals surface area contributed by atoms with Crippen LogP contribution in [-0.4, -0.2) is 37.2 Å². The van der Waals surface area contributed by atoms with E-state index >= 15 is 0 Å². The van der Waals surface area contributed by atoms with Crippen LogP contribution < -0.4 is 0 Å². The normalized spacial score (nSPS) is 12.1. The van der Waals surface area contributed by atoms with Gasteiger partial charge in [0.05, 0.1) is 0 Å². The lowest BCUT2D eigenvalue weighted by atomic mass is 10.0. The summed E-state index contributed by atoms with van der Waals surface area (Å²) in [5, 5.41) is 0. The van der Waals surface area contributed by atoms with Crippen molar-refractivity contribution in [3.63, 3.8) is 0 Å². The molecule has 6 nitrogen and oxygen atoms in total. The lowest BCUT2D eigenvalue weighted by Gasteiger charge is -2.18. The lowest BCUT2D eigenvalue weighted by molar-refractivity contribution is -0.167. The molecule has 0 aromatic carbocycles. The van der Waals surface area contributed by atoms with Crippen LogP contribution in [0.25, 0.3) is 0 Å². The Balaban J connectivity index is 4.12. The number of ether oxygens (including phenoxy) is 3. The summed E-state index contributed by atoms with van der Waals surface area (Å²) in [4.78, 5) is 38.4. The van der Waals surface area contributed by atoms with Gasteiger partial charge in [0.1, 0.15) is 13.2 Å². The molecular formula is C75H142O6. The smallest absolute Gasteiger partial charge is 0.306 e. The number of carbonyl (C=O) groups is 3. The van der Waals surface area contributed by atoms with Gasteiger partial charge in [-0.3, -0.25) is 14.4 Å². The first kappa shape index (κ1) is 78.9. The number of hydrogen-bond donors (Lipinski definition) is 0. The SMILES string of the molecule is CCCCCC/C=C\C/C=C\CCCCCCCC(=O)OC(COC(=O)CCCCCCCCCCCCCCCCC)COC(=O)CCCCCCCCCCCCCCCCCCCCCCCCCCCCCCCCCC. The van der Waals surface area contributed by atoms with Gasteiger partial charge in [0.2, 0.25) is 0 Å². The van der Waals surface area contributed by atoms with E-state index in [1.807, 2.05) is 0 Å². The van der Waals surface area contributed by atoms with Gasteiger partial charge in [-0.1, -0.05) is 373 Å². The van der Waals surface area contributed by atoms with Crippen molar-refractivity contribution in [2.45, 2.75) is 425 Å². The molecule has 6 heteroatoms. The molecule has 0 aromatic rings. The molecule has 0 aliphatic carbocycles. The van der Waals surface area contributed by atoms with Crippen molar-refractivity contribution in [2.75, 3.05) is 13.2 Å². The fraction of sp³-hybridized carbons (Fsp3) is 0.907. The number of allylic oxidation sites excluding steroid dienone is 4. The van der Waals surface area contributed by atoms with E-state index in [1.165, 1.54) is 302 Å². The highest BCUT2D eigenvalue weighted by molar-refractivity contribution is 5.71. The first-order valence-corrected chi connectivity index (χ1v) is 36.8. The number of esters is 3. The molecule has 0 spiro atoms. The van der Waals surface area contributed by atoms with Gasteiger partial charge in [0, 0.05) is 19.3 Å². The van der Waals surface area contributed by atoms with Gasteiger partial charge in [0.25, 0.3) is 0 Å². The van der Waals surface area contributed by atoms with Crippen LogP contribution in [0.15, 0.2) is 24.3 Å². The minimum Gasteiger partial charge on any atom is -0.462 e. The second-order valence-corrected chi connectivity index (χ2v) is 25.2. The Labute approximate surface area is 506 Å². The Morgan fingerprint density at radius 3 is 0.691 bits per heavy atom. The van der Waals surface area contributed by atoms with E-state index in [4.69, 9.17) is 14.2 Å². The molecular weight excluding hydrogens is 997 g/mol. The number of hydrogen-bond acceptors (Lipinski definition) is 6. The zero-order valence-electron chi connectivity index (χ0n) is 55.1. The van der Waals surface area contributed by atoms with Gasteiger partial charge in [-0.25, -0.2) is 0 Å². The van der Waals surface area contributed by atoms with Crippen molar-refractivity contribution in [1.29, 1.82) is 0 Å². The summed E-state index contributed by atoms with van der Waals surface area (Å²) in [6.07, 6.45) is 86.6. The van der Waals surface area contributed by atoms with Crippen molar-refractivity contribution < 1.29 is 28.6 Å². The molecule has 0 aliphatic heterocycles. The zero-order valence-corrected chi connectivity index (χ0v) is 55.1. The van der Waals surface area contributed by atoms with E-state index in [0.717, 1.165) is 77.0 Å². The molecule has 0 aromatic heterocycles. The fourth-order valence-electron chi connectivity index (χ4n) is 11.4. The van der Waals surface area contributed by atoms with Crippen LogP contribution in [-0.2, 0) is 28.6 Å². The third kappa shape index (κ3) is 68.6. The van der Waals surface area contributed by atoms with Gasteiger partial charge in [-0.2, -0.15) is 0 Å². The van der Waals surface area contributed by atoms with Crippen LogP contribution in [0.3, 0.4) is 0 Å². The van der Waals surface area contributed by atoms with E-state index in [-0.39, 0.29) is 31.1 Å². The van der Waals surface area contributed by atoms with Crippen molar-refractivity contribution >= 4 is 17.9 Å². The minimum absolute atomic E-state index is 0.0707. The number of unbranched alkanes of at least 4 members (excludes halogenated alkanes) is 54. The standard InChI is InChI=1S/C75H142O6/c1-4-7-10-13-16-19-22-25-28-30-31-32-33-34-35-36-37-38-39-40-41-42-43-44-45-48-50-53-56-59-62-65-68-74(77)80-71-72(70-79-73(76)67-64-61-58-55-52-49-46-27-24-21-18-15-12-9-6-3)81-75(78)69-66-63-60-57-54-51-47-29-26-23-20-17-14-11-8-5-2/h20,23,29,47,72H,4-19,21-22,24-28,30-46,48-71H2,1-3H3/b23-20-,47-29-. The van der Waals surface area contributed by atoms with Crippen LogP contribution in [0.4, 0.5) is 0 Å². The number of carbonyl (C=O) groups excluding carboxylic acids is 3. The second kappa shape index (κ2) is 70.4. The van der Waals surface area contributed by atoms with E-state index in [9.17, 15) is 14.4 Å². The monoisotopic (exact) mass is 1140 g/mol. The van der Waals surface area contributed by atoms with E-state index in [2.05, 4.69) is 45.1 Å². The highest BCUT2D eigenvalue weighted by Crippen LogP contribution is 2.19. The third-order valence-corrected chi connectivity index (χ3v) is 17.0. The quantitative estimate of drug-likeness (QED) is 0.0261. The van der Waals surface area contributed by atoms with Crippen LogP contribution >= 0.6 is 0 Å². The topological polar surface area (TPSA) is 78.9 Å². The molecule has 0 radical (unpaired) electrons. The number of rotatable bonds is 69. The molecule has 1 atom stereocenters. The molecule has 0 N–H and O–H groups in total. The maximum Gasteiger partial charge on any atom is 0.306 e. The van der Waals surface area contributed by atoms with Crippen molar-refractivity contribution in [3.8, 4) is 0 Å². The predicted molar refractivity (Wildman–Crippen MR) is 353 cm³/mol. The molecule has 0 bridgehead atoms. The average molecular weight is 1140 g/mol. The van der Waals surface area contributed by atoms with E-state index < -0.39 is 6.10 Å². The Morgan fingerprint density at radius 1 is 0.247 bits per heavy atom. The Kier molecular flexibility index (Phi) is 68.5. The second-order valence-electron chi connectivity index (χ2n) is 25.2. The van der Waals surface area contributed by atoms with Gasteiger partial charge < -0.3 is 14.2 Å². The minimum atomic E-state index is -0.776. The Morgan fingerprint density at radius 2 is 0.444 bits per heavy atom. The van der Waals surface area contributed by atoms with Gasteiger partial charge in [0.15, 0.2) is 6.10 Å². The Bertz CT molecular complexity index is 1310. The first-order valence-electron chi connectivity index (χ1n) is 36.8. The highest BCUT2D eigenvalue weighted by Gasteiger charge is 2.19. The van der Waals surface area contributed by atoms with Gasteiger partial charge in [-0.05, 0) is 51.4 Å². The van der Waals surface area contributed by atoms with E-state index in [0.29, 0.717) is 19.3 Å². The molecule has 0 saturated heterocycles. The van der Waals surface area contributed by atoms with E-state index in [1.54, 1.807) is 0 Å². The molecule has 0 rings (SSSR count). The summed E-state index contributed by atoms with van der Waals surface area (Å²) in [5.41, 5.74) is 0. The summed E-state index contributed by atoms with van der Waals surface area (Å²) >= 11 is 0. The van der Waals surface area contributed by atoms with Crippen molar-refractivity contribution in [2.24, 2.45) is 0 Å². The van der Waals surface area contributed by atoms with Crippen LogP contribution in [0.1, 0.15) is 419 Å². The molecule has 478 valence electrons. The Hall–Kier alpha value is -2.11. The highest BCUT2D eigenvalue weighted by atomic mass is 16.6. The molecule has 81 heavy (non-hydrogen) atoms. The molecule has 1 unspecified atom stereocenters. The fourth-order valence-corrected chi connectivity index (χ4v) is 11.4. The largest absolute Gasteiger partial charge is 0.462 e. The summed E-state index contributed by atoms with van der Waals surface area (Å²) in [7, 11) is 0. The van der Waals surface area contributed by atoms with Crippen LogP contribution in [0.5, 0.6) is 0 Å². The van der Waals surface area contributed by atoms with Crippen LogP contribution in [0, 0.1) is 0 Å². The van der Waals surface area contributed by atoms with Gasteiger partial charge in [-0.15, -0.1) is 0 Å². The summed E-state index contributed by atoms with van der Waals surface area (Å²) < 4.78 is 17.0. The molecule has 0 aliphatic rings. The maximum absolute atomic E-state index is 12.9. The van der Waals surface area contributed by atoms with Gasteiger partial charge >= 0.3 is 17.9 Å². The third-order valence-electron chi connectivity index (χ3n) is 17.0. The van der Waals surface area contributed by atoms with Crippen molar-refractivity contribution in [3.05, 3.63) is 24.3 Å². The zero-order chi connectivity index (χ0) is 58.5. The average Bonchev–Trinajstić information content (AvgIpc) is 3.47. The van der Waals surface area contributed by atoms with Crippen molar-refractivity contribution in [1.82, 2.24) is 0 Å². The predicted octanol–water partition coefficient (Wildman–Crippen LogP) is 25.3. The first-order chi connectivity index (χ1) is 40.0. The molecule has 0 saturated carbocycles.